The van der Waals surface area contributed by atoms with Gasteiger partial charge in [-0.05, 0) is 24.8 Å². The number of ether oxygens (including phenoxy) is 1. The number of carboxylic acid groups (broad SMARTS) is 1. The van der Waals surface area contributed by atoms with Gasteiger partial charge in [-0.25, -0.2) is 0 Å². The second-order valence-electron chi connectivity index (χ2n) is 5.31. The average molecular weight is 291 g/mol. The van der Waals surface area contributed by atoms with Crippen LogP contribution in [-0.4, -0.2) is 36.7 Å². The van der Waals surface area contributed by atoms with E-state index in [9.17, 15) is 9.59 Å². The van der Waals surface area contributed by atoms with Gasteiger partial charge in [0.05, 0.1) is 5.41 Å². The van der Waals surface area contributed by atoms with Crippen LogP contribution in [0.25, 0.3) is 0 Å². The maximum atomic E-state index is 12.7. The Labute approximate surface area is 124 Å². The van der Waals surface area contributed by atoms with E-state index in [4.69, 9.17) is 9.84 Å². The Morgan fingerprint density at radius 3 is 2.48 bits per heavy atom. The first-order valence-electron chi connectivity index (χ1n) is 7.28. The minimum absolute atomic E-state index is 0.0256. The maximum Gasteiger partial charge on any atom is 0.303 e. The number of rotatable bonds is 6. The van der Waals surface area contributed by atoms with Crippen LogP contribution in [0.3, 0.4) is 0 Å². The second kappa shape index (κ2) is 7.22. The van der Waals surface area contributed by atoms with Crippen molar-refractivity contribution in [3.63, 3.8) is 0 Å². The SMILES string of the molecule is O=C(O)CCCNC(=O)C1(c2ccccc2)CCOCC1. The van der Waals surface area contributed by atoms with Crippen molar-refractivity contribution in [2.24, 2.45) is 0 Å². The van der Waals surface area contributed by atoms with E-state index < -0.39 is 11.4 Å². The number of hydrogen-bond donors (Lipinski definition) is 2. The summed E-state index contributed by atoms with van der Waals surface area (Å²) in [5, 5.41) is 11.5. The number of carboxylic acids is 1. The van der Waals surface area contributed by atoms with Crippen molar-refractivity contribution in [3.8, 4) is 0 Å². The van der Waals surface area contributed by atoms with Crippen LogP contribution in [0.5, 0.6) is 0 Å². The van der Waals surface area contributed by atoms with Crippen LogP contribution in [0, 0.1) is 0 Å². The minimum atomic E-state index is -0.840. The lowest BCUT2D eigenvalue weighted by Crippen LogP contribution is -2.48. The summed E-state index contributed by atoms with van der Waals surface area (Å²) >= 11 is 0. The predicted molar refractivity (Wildman–Crippen MR) is 78.1 cm³/mol. The smallest absolute Gasteiger partial charge is 0.303 e. The van der Waals surface area contributed by atoms with E-state index in [1.54, 1.807) is 0 Å². The van der Waals surface area contributed by atoms with Crippen molar-refractivity contribution >= 4 is 11.9 Å². The Morgan fingerprint density at radius 2 is 1.86 bits per heavy atom. The lowest BCUT2D eigenvalue weighted by atomic mass is 9.73. The summed E-state index contributed by atoms with van der Waals surface area (Å²) in [5.74, 6) is -0.865. The lowest BCUT2D eigenvalue weighted by Gasteiger charge is -2.36. The third-order valence-corrected chi connectivity index (χ3v) is 3.96. The Balaban J connectivity index is 2.05. The van der Waals surface area contributed by atoms with Crippen LogP contribution in [0.1, 0.15) is 31.2 Å². The molecule has 1 saturated heterocycles. The highest BCUT2D eigenvalue weighted by Crippen LogP contribution is 2.35. The van der Waals surface area contributed by atoms with E-state index in [1.807, 2.05) is 30.3 Å². The van der Waals surface area contributed by atoms with Crippen LogP contribution < -0.4 is 5.32 Å². The van der Waals surface area contributed by atoms with Crippen molar-refractivity contribution in [1.82, 2.24) is 5.32 Å². The predicted octanol–water partition coefficient (Wildman–Crippen LogP) is 1.72. The van der Waals surface area contributed by atoms with E-state index in [0.29, 0.717) is 39.0 Å². The second-order valence-corrected chi connectivity index (χ2v) is 5.31. The molecule has 1 heterocycles. The highest BCUT2D eigenvalue weighted by atomic mass is 16.5. The third kappa shape index (κ3) is 3.82. The van der Waals surface area contributed by atoms with Gasteiger partial charge in [0.2, 0.25) is 5.91 Å². The molecule has 0 aliphatic carbocycles. The highest BCUT2D eigenvalue weighted by molar-refractivity contribution is 5.88. The molecule has 2 rings (SSSR count). The van der Waals surface area contributed by atoms with Crippen molar-refractivity contribution in [2.45, 2.75) is 31.1 Å². The van der Waals surface area contributed by atoms with Gasteiger partial charge in [0.25, 0.3) is 0 Å². The van der Waals surface area contributed by atoms with Crippen molar-refractivity contribution in [3.05, 3.63) is 35.9 Å². The summed E-state index contributed by atoms with van der Waals surface area (Å²) in [5.41, 5.74) is 0.451. The van der Waals surface area contributed by atoms with Gasteiger partial charge >= 0.3 is 5.97 Å². The van der Waals surface area contributed by atoms with Crippen LogP contribution in [0.2, 0.25) is 0 Å². The third-order valence-electron chi connectivity index (χ3n) is 3.96. The fraction of sp³-hybridized carbons (Fsp3) is 0.500. The van der Waals surface area contributed by atoms with Crippen LogP contribution in [-0.2, 0) is 19.7 Å². The first kappa shape index (κ1) is 15.5. The number of carbonyl (C=O) groups is 2. The van der Waals surface area contributed by atoms with Gasteiger partial charge in [-0.2, -0.15) is 0 Å². The molecule has 114 valence electrons. The van der Waals surface area contributed by atoms with Crippen molar-refractivity contribution in [1.29, 1.82) is 0 Å². The normalized spacial score (nSPS) is 17.1. The molecular formula is C16H21NO4. The lowest BCUT2D eigenvalue weighted by molar-refractivity contribution is -0.137. The van der Waals surface area contributed by atoms with Crippen LogP contribution in [0.15, 0.2) is 30.3 Å². The van der Waals surface area contributed by atoms with E-state index in [1.165, 1.54) is 0 Å². The topological polar surface area (TPSA) is 75.6 Å². The zero-order valence-corrected chi connectivity index (χ0v) is 12.0. The Hall–Kier alpha value is -1.88. The van der Waals surface area contributed by atoms with Gasteiger partial charge in [0, 0.05) is 26.2 Å². The number of hydrogen-bond acceptors (Lipinski definition) is 3. The molecule has 1 fully saturated rings. The molecule has 5 heteroatoms. The summed E-state index contributed by atoms with van der Waals surface area (Å²) < 4.78 is 5.40. The number of amides is 1. The molecule has 1 aromatic carbocycles. The molecule has 2 N–H and O–H groups in total. The molecule has 0 unspecified atom stereocenters. The fourth-order valence-electron chi connectivity index (χ4n) is 2.73. The van der Waals surface area contributed by atoms with E-state index in [2.05, 4.69) is 5.32 Å². The van der Waals surface area contributed by atoms with Gasteiger partial charge in [0.15, 0.2) is 0 Å². The minimum Gasteiger partial charge on any atom is -0.481 e. The Bertz CT molecular complexity index is 480. The molecule has 1 aliphatic rings. The molecule has 0 saturated carbocycles. The molecule has 0 aromatic heterocycles. The number of benzene rings is 1. The molecular weight excluding hydrogens is 270 g/mol. The largest absolute Gasteiger partial charge is 0.481 e. The monoisotopic (exact) mass is 291 g/mol. The van der Waals surface area contributed by atoms with Gasteiger partial charge in [-0.3, -0.25) is 9.59 Å². The number of carbonyl (C=O) groups excluding carboxylic acids is 1. The molecule has 1 aliphatic heterocycles. The molecule has 1 amide bonds. The van der Waals surface area contributed by atoms with E-state index >= 15 is 0 Å². The van der Waals surface area contributed by atoms with Crippen LogP contribution in [0.4, 0.5) is 0 Å². The maximum absolute atomic E-state index is 12.7. The zero-order chi connectivity index (χ0) is 15.1. The highest BCUT2D eigenvalue weighted by Gasteiger charge is 2.41. The standard InChI is InChI=1S/C16H21NO4/c18-14(19)7-4-10-17-15(20)16(8-11-21-12-9-16)13-5-2-1-3-6-13/h1-3,5-6H,4,7-12H2,(H,17,20)(H,18,19). The molecule has 0 spiro atoms. The summed E-state index contributed by atoms with van der Waals surface area (Å²) in [6, 6.07) is 9.75. The van der Waals surface area contributed by atoms with Crippen molar-refractivity contribution in [2.75, 3.05) is 19.8 Å². The number of nitrogens with one attached hydrogen (secondary N) is 1. The molecule has 1 aromatic rings. The molecule has 0 atom stereocenters. The summed E-state index contributed by atoms with van der Waals surface area (Å²) in [6.45, 7) is 1.52. The molecule has 21 heavy (non-hydrogen) atoms. The van der Waals surface area contributed by atoms with Gasteiger partial charge in [-0.1, -0.05) is 30.3 Å². The number of aliphatic carboxylic acids is 1. The summed E-state index contributed by atoms with van der Waals surface area (Å²) in [7, 11) is 0. The van der Waals surface area contributed by atoms with Gasteiger partial charge in [0.1, 0.15) is 0 Å². The van der Waals surface area contributed by atoms with E-state index in [-0.39, 0.29) is 12.3 Å². The summed E-state index contributed by atoms with van der Waals surface area (Å²) in [6.07, 6.45) is 1.83. The molecule has 0 radical (unpaired) electrons. The van der Waals surface area contributed by atoms with Gasteiger partial charge in [-0.15, -0.1) is 0 Å². The fourth-order valence-corrected chi connectivity index (χ4v) is 2.73. The first-order chi connectivity index (χ1) is 10.1. The van der Waals surface area contributed by atoms with E-state index in [0.717, 1.165) is 5.56 Å². The molecule has 0 bridgehead atoms. The summed E-state index contributed by atoms with van der Waals surface area (Å²) in [4.78, 5) is 23.2. The molecule has 5 nitrogen and oxygen atoms in total. The van der Waals surface area contributed by atoms with Crippen LogP contribution >= 0.6 is 0 Å². The Kier molecular flexibility index (Phi) is 5.33. The quantitative estimate of drug-likeness (QED) is 0.782. The zero-order valence-electron chi connectivity index (χ0n) is 12.0. The Morgan fingerprint density at radius 1 is 1.19 bits per heavy atom. The first-order valence-corrected chi connectivity index (χ1v) is 7.28. The van der Waals surface area contributed by atoms with Gasteiger partial charge < -0.3 is 15.2 Å². The van der Waals surface area contributed by atoms with Crippen molar-refractivity contribution < 1.29 is 19.4 Å². The average Bonchev–Trinajstić information content (AvgIpc) is 2.52.